The molecule has 3 nitrogen and oxygen atoms in total. The molecule has 0 saturated heterocycles. The third-order valence-electron chi connectivity index (χ3n) is 2.42. The Morgan fingerprint density at radius 2 is 1.94 bits per heavy atom. The monoisotopic (exact) mass is 318 g/mol. The van der Waals surface area contributed by atoms with Crippen LogP contribution in [0.1, 0.15) is 12.0 Å². The number of benzene rings is 1. The molecular weight excluding hydrogens is 304 g/mol. The molecule has 1 aromatic carbocycles. The van der Waals surface area contributed by atoms with Gasteiger partial charge in [-0.15, -0.1) is 0 Å². The smallest absolute Gasteiger partial charge is 0.162 e. The van der Waals surface area contributed by atoms with E-state index in [0.717, 1.165) is 33.9 Å². The molecule has 0 saturated carbocycles. The topological polar surface area (TPSA) is 38.7 Å². The molecule has 1 N–H and O–H groups in total. The number of ether oxygens (including phenoxy) is 2. The van der Waals surface area contributed by atoms with E-state index in [1.165, 1.54) is 5.56 Å². The van der Waals surface area contributed by atoms with E-state index in [1.54, 1.807) is 0 Å². The maximum atomic E-state index is 8.72. The van der Waals surface area contributed by atoms with Gasteiger partial charge in [0.15, 0.2) is 11.5 Å². The van der Waals surface area contributed by atoms with Crippen LogP contribution in [0.2, 0.25) is 0 Å². The molecule has 2 rings (SSSR count). The number of hydrogen-bond donors (Lipinski definition) is 1. The highest BCUT2D eigenvalue weighted by Crippen LogP contribution is 2.36. The van der Waals surface area contributed by atoms with Crippen molar-refractivity contribution in [2.75, 3.05) is 25.6 Å². The molecule has 0 aliphatic carbocycles. The Balaban J connectivity index is 2.01. The number of fused-ring (bicyclic) bond motifs is 1. The lowest BCUT2D eigenvalue weighted by Crippen LogP contribution is -2.15. The van der Waals surface area contributed by atoms with Crippen LogP contribution in [0, 0.1) is 0 Å². The van der Waals surface area contributed by atoms with Crippen molar-refractivity contribution in [1.82, 2.24) is 0 Å². The van der Waals surface area contributed by atoms with Gasteiger partial charge in [-0.2, -0.15) is 11.8 Å². The summed E-state index contributed by atoms with van der Waals surface area (Å²) < 4.78 is 12.1. The van der Waals surface area contributed by atoms with E-state index >= 15 is 0 Å². The highest BCUT2D eigenvalue weighted by molar-refractivity contribution is 9.10. The average molecular weight is 319 g/mol. The minimum atomic E-state index is 0.259. The molecule has 17 heavy (non-hydrogen) atoms. The predicted octanol–water partition coefficient (Wildman–Crippen LogP) is 2.84. The van der Waals surface area contributed by atoms with E-state index in [9.17, 15) is 0 Å². The van der Waals surface area contributed by atoms with Crippen LogP contribution < -0.4 is 9.47 Å². The van der Waals surface area contributed by atoms with Gasteiger partial charge in [-0.3, -0.25) is 0 Å². The third-order valence-corrected chi connectivity index (χ3v) is 4.25. The molecular formula is C12H15BrO3S. The summed E-state index contributed by atoms with van der Waals surface area (Å²) in [4.78, 5) is 0. The lowest BCUT2D eigenvalue weighted by atomic mass is 10.2. The van der Waals surface area contributed by atoms with Crippen LogP contribution >= 0.6 is 27.7 Å². The van der Waals surface area contributed by atoms with Crippen LogP contribution in [0.5, 0.6) is 11.5 Å². The van der Waals surface area contributed by atoms with Crippen LogP contribution in [0.4, 0.5) is 0 Å². The molecule has 1 heterocycles. The summed E-state index contributed by atoms with van der Waals surface area (Å²) >= 11 is 5.36. The summed E-state index contributed by atoms with van der Waals surface area (Å²) in [7, 11) is 0. The van der Waals surface area contributed by atoms with Gasteiger partial charge in [-0.1, -0.05) is 15.9 Å². The lowest BCUT2D eigenvalue weighted by molar-refractivity contribution is 0.171. The molecule has 94 valence electrons. The Kier molecular flexibility index (Phi) is 5.00. The van der Waals surface area contributed by atoms with E-state index < -0.39 is 0 Å². The van der Waals surface area contributed by atoms with Crippen LogP contribution in [0.3, 0.4) is 0 Å². The van der Waals surface area contributed by atoms with Gasteiger partial charge < -0.3 is 14.6 Å². The number of rotatable bonds is 5. The second-order valence-electron chi connectivity index (χ2n) is 3.72. The molecule has 0 unspecified atom stereocenters. The molecule has 1 aromatic rings. The van der Waals surface area contributed by atoms with E-state index in [1.807, 2.05) is 23.9 Å². The van der Waals surface area contributed by atoms with Crippen LogP contribution in [0.15, 0.2) is 16.6 Å². The first-order valence-electron chi connectivity index (χ1n) is 5.58. The van der Waals surface area contributed by atoms with Crippen molar-refractivity contribution in [3.8, 4) is 11.5 Å². The van der Waals surface area contributed by atoms with Crippen molar-refractivity contribution >= 4 is 27.7 Å². The fourth-order valence-corrected chi connectivity index (χ4v) is 3.15. The Labute approximate surface area is 114 Å². The van der Waals surface area contributed by atoms with E-state index in [0.29, 0.717) is 13.2 Å². The molecule has 0 aromatic heterocycles. The molecule has 0 atom stereocenters. The van der Waals surface area contributed by atoms with E-state index in [4.69, 9.17) is 14.6 Å². The Bertz CT molecular complexity index is 384. The first kappa shape index (κ1) is 13.1. The van der Waals surface area contributed by atoms with Gasteiger partial charge >= 0.3 is 0 Å². The van der Waals surface area contributed by atoms with Crippen molar-refractivity contribution in [3.05, 3.63) is 22.2 Å². The van der Waals surface area contributed by atoms with Crippen molar-refractivity contribution in [1.29, 1.82) is 0 Å². The molecule has 0 spiro atoms. The maximum Gasteiger partial charge on any atom is 0.162 e. The fourth-order valence-electron chi connectivity index (χ4n) is 1.57. The number of aliphatic hydroxyl groups excluding tert-OH is 1. The minimum absolute atomic E-state index is 0.259. The van der Waals surface area contributed by atoms with Crippen LogP contribution in [0.25, 0.3) is 0 Å². The second-order valence-corrected chi connectivity index (χ2v) is 5.68. The summed E-state index contributed by atoms with van der Waals surface area (Å²) in [5, 5.41) is 8.72. The zero-order valence-electron chi connectivity index (χ0n) is 9.45. The quantitative estimate of drug-likeness (QED) is 0.847. The van der Waals surface area contributed by atoms with Crippen molar-refractivity contribution < 1.29 is 14.6 Å². The summed E-state index contributed by atoms with van der Waals surface area (Å²) in [6.07, 6.45) is 0.840. The van der Waals surface area contributed by atoms with Gasteiger partial charge in [0.25, 0.3) is 0 Å². The highest BCUT2D eigenvalue weighted by atomic mass is 79.9. The van der Waals surface area contributed by atoms with Gasteiger partial charge in [0.05, 0.1) is 0 Å². The molecule has 0 bridgehead atoms. The molecule has 0 amide bonds. The molecule has 0 fully saturated rings. The number of hydrogen-bond acceptors (Lipinski definition) is 4. The molecule has 1 aliphatic heterocycles. The van der Waals surface area contributed by atoms with Gasteiger partial charge in [0.1, 0.15) is 13.2 Å². The summed E-state index contributed by atoms with van der Waals surface area (Å²) in [6, 6.07) is 4.00. The van der Waals surface area contributed by atoms with Crippen molar-refractivity contribution in [2.45, 2.75) is 12.2 Å². The van der Waals surface area contributed by atoms with Crippen molar-refractivity contribution in [2.24, 2.45) is 0 Å². The largest absolute Gasteiger partial charge is 0.486 e. The van der Waals surface area contributed by atoms with Gasteiger partial charge in [0.2, 0.25) is 0 Å². The van der Waals surface area contributed by atoms with Gasteiger partial charge in [-0.25, -0.2) is 0 Å². The van der Waals surface area contributed by atoms with Crippen molar-refractivity contribution in [3.63, 3.8) is 0 Å². The predicted molar refractivity (Wildman–Crippen MR) is 73.0 cm³/mol. The Morgan fingerprint density at radius 1 is 1.24 bits per heavy atom. The first-order chi connectivity index (χ1) is 8.31. The molecule has 0 radical (unpaired) electrons. The second kappa shape index (κ2) is 6.52. The normalized spacial score (nSPS) is 13.8. The van der Waals surface area contributed by atoms with Gasteiger partial charge in [-0.05, 0) is 29.9 Å². The Hall–Kier alpha value is -0.390. The summed E-state index contributed by atoms with van der Waals surface area (Å²) in [5.41, 5.74) is 1.21. The molecule has 1 aliphatic rings. The maximum absolute atomic E-state index is 8.72. The molecule has 5 heteroatoms. The highest BCUT2D eigenvalue weighted by Gasteiger charge is 2.14. The zero-order chi connectivity index (χ0) is 12.1. The van der Waals surface area contributed by atoms with Crippen LogP contribution in [-0.2, 0) is 5.75 Å². The van der Waals surface area contributed by atoms with E-state index in [2.05, 4.69) is 15.9 Å². The SMILES string of the molecule is OCCCSCc1cc2c(cc1Br)OCCO2. The van der Waals surface area contributed by atoms with Crippen LogP contribution in [-0.4, -0.2) is 30.7 Å². The van der Waals surface area contributed by atoms with E-state index in [-0.39, 0.29) is 6.61 Å². The summed E-state index contributed by atoms with van der Waals surface area (Å²) in [5.74, 6) is 3.53. The lowest BCUT2D eigenvalue weighted by Gasteiger charge is -2.19. The zero-order valence-corrected chi connectivity index (χ0v) is 11.8. The Morgan fingerprint density at radius 3 is 2.65 bits per heavy atom. The van der Waals surface area contributed by atoms with Gasteiger partial charge in [0, 0.05) is 16.8 Å². The fraction of sp³-hybridized carbons (Fsp3) is 0.500. The number of halogens is 1. The number of thioether (sulfide) groups is 1. The summed E-state index contributed by atoms with van der Waals surface area (Å²) in [6.45, 7) is 1.49. The number of aliphatic hydroxyl groups is 1. The third kappa shape index (κ3) is 3.53. The average Bonchev–Trinajstić information content (AvgIpc) is 2.35. The minimum Gasteiger partial charge on any atom is -0.486 e. The standard InChI is InChI=1S/C12H15BrO3S/c13-10-7-12-11(15-3-4-16-12)6-9(10)8-17-5-1-2-14/h6-7,14H,1-5,8H2. The first-order valence-corrected chi connectivity index (χ1v) is 7.52.